The van der Waals surface area contributed by atoms with Gasteiger partial charge in [-0.2, -0.15) is 25.4 Å². The van der Waals surface area contributed by atoms with E-state index in [1.807, 2.05) is 4.68 Å². The van der Waals surface area contributed by atoms with E-state index in [0.717, 1.165) is 12.8 Å². The van der Waals surface area contributed by atoms with Crippen LogP contribution in [0, 0.1) is 17.1 Å². The van der Waals surface area contributed by atoms with E-state index < -0.39 is 11.9 Å². The number of hydrogen-bond donors (Lipinski definition) is 2. The molecule has 2 bridgehead atoms. The number of halogens is 1. The van der Waals surface area contributed by atoms with E-state index >= 15 is 0 Å². The van der Waals surface area contributed by atoms with Gasteiger partial charge in [-0.05, 0) is 56.9 Å². The summed E-state index contributed by atoms with van der Waals surface area (Å²) in [7, 11) is 0. The second-order valence-electron chi connectivity index (χ2n) is 9.62. The number of nitrogen functional groups attached to an aromatic ring is 1. The highest BCUT2D eigenvalue weighted by Gasteiger charge is 2.35. The van der Waals surface area contributed by atoms with Gasteiger partial charge in [-0.1, -0.05) is 0 Å². The van der Waals surface area contributed by atoms with Crippen LogP contribution in [0.2, 0.25) is 0 Å². The number of nitrogens with zero attached hydrogens (tertiary/aromatic N) is 7. The summed E-state index contributed by atoms with van der Waals surface area (Å²) in [6, 6.07) is 9.57. The quantitative estimate of drug-likeness (QED) is 0.410. The molecule has 1 unspecified atom stereocenters. The predicted molar refractivity (Wildman–Crippen MR) is 133 cm³/mol. The Bertz CT molecular complexity index is 1460. The maximum Gasteiger partial charge on any atom is 0.166 e. The molecule has 10 nitrogen and oxygen atoms in total. The molecule has 3 aromatic heterocycles. The van der Waals surface area contributed by atoms with Gasteiger partial charge in [0.15, 0.2) is 11.6 Å². The molecule has 4 atom stereocenters. The molecular formula is C26H26FN9O. The Morgan fingerprint density at radius 3 is 2.62 bits per heavy atom. The van der Waals surface area contributed by atoms with E-state index in [-0.39, 0.29) is 11.9 Å². The highest BCUT2D eigenvalue weighted by molar-refractivity contribution is 5.71. The molecule has 0 spiro atoms. The van der Waals surface area contributed by atoms with Crippen LogP contribution < -0.4 is 15.8 Å². The summed E-state index contributed by atoms with van der Waals surface area (Å²) in [5.74, 6) is 0.107. The van der Waals surface area contributed by atoms with Crippen LogP contribution in [0.5, 0.6) is 5.75 Å². The first-order chi connectivity index (χ1) is 18.0. The first-order valence-electron chi connectivity index (χ1n) is 12.3. The third-order valence-electron chi connectivity index (χ3n) is 7.25. The molecule has 4 aromatic rings. The van der Waals surface area contributed by atoms with Crippen molar-refractivity contribution in [2.24, 2.45) is 0 Å². The van der Waals surface area contributed by atoms with E-state index in [0.29, 0.717) is 45.9 Å². The highest BCUT2D eigenvalue weighted by Crippen LogP contribution is 2.37. The average Bonchev–Trinajstić information content (AvgIpc) is 3.65. The lowest BCUT2D eigenvalue weighted by Crippen LogP contribution is -2.39. The van der Waals surface area contributed by atoms with Gasteiger partial charge >= 0.3 is 0 Å². The Balaban J connectivity index is 1.30. The number of fused-ring (bicyclic) bond motifs is 2. The van der Waals surface area contributed by atoms with Crippen molar-refractivity contribution in [2.75, 3.05) is 5.73 Å². The first kappa shape index (κ1) is 23.1. The zero-order valence-electron chi connectivity index (χ0n) is 20.3. The van der Waals surface area contributed by atoms with Gasteiger partial charge in [-0.3, -0.25) is 4.68 Å². The van der Waals surface area contributed by atoms with Gasteiger partial charge < -0.3 is 15.8 Å². The Hall–Kier alpha value is -4.30. The number of aromatic nitrogens is 6. The normalized spacial score (nSPS) is 21.5. The number of rotatable bonds is 6. The Kier molecular flexibility index (Phi) is 5.81. The molecule has 0 amide bonds. The second-order valence-corrected chi connectivity index (χ2v) is 9.62. The van der Waals surface area contributed by atoms with Gasteiger partial charge in [0.25, 0.3) is 0 Å². The standard InChI is InChI=1S/C26H26FN9O/c1-15(21-9-17(27)2-5-23(21)36-31-6-7-32-36)37-25-8-16(13-30-26(25)29)22-14-33-35(24(22)12-28)20-10-18-3-4-19(11-20)34-18/h2,5-9,13-15,18-20,34H,3-4,10-11H2,1H3,(H2,29,30)/t15-,18-,19+,20?/m1/s1. The number of pyridine rings is 1. The smallest absolute Gasteiger partial charge is 0.166 e. The highest BCUT2D eigenvalue weighted by atomic mass is 19.1. The molecule has 2 fully saturated rings. The first-order valence-corrected chi connectivity index (χ1v) is 12.3. The van der Waals surface area contributed by atoms with E-state index in [9.17, 15) is 9.65 Å². The van der Waals surface area contributed by atoms with E-state index in [1.165, 1.54) is 29.8 Å². The maximum atomic E-state index is 14.2. The molecule has 2 aliphatic rings. The third kappa shape index (κ3) is 4.29. The van der Waals surface area contributed by atoms with Crippen molar-refractivity contribution in [1.82, 2.24) is 35.1 Å². The van der Waals surface area contributed by atoms with Crippen molar-refractivity contribution >= 4 is 5.82 Å². The minimum atomic E-state index is -0.598. The van der Waals surface area contributed by atoms with Crippen molar-refractivity contribution in [1.29, 1.82) is 5.26 Å². The van der Waals surface area contributed by atoms with Crippen LogP contribution in [0.3, 0.4) is 0 Å². The number of benzene rings is 1. The molecule has 5 heterocycles. The Morgan fingerprint density at radius 2 is 1.89 bits per heavy atom. The van der Waals surface area contributed by atoms with Gasteiger partial charge in [0.2, 0.25) is 0 Å². The lowest BCUT2D eigenvalue weighted by Gasteiger charge is -2.29. The summed E-state index contributed by atoms with van der Waals surface area (Å²) in [5, 5.41) is 26.6. The van der Waals surface area contributed by atoms with Crippen LogP contribution in [-0.2, 0) is 0 Å². The van der Waals surface area contributed by atoms with Crippen LogP contribution in [0.4, 0.5) is 10.2 Å². The van der Waals surface area contributed by atoms with Gasteiger partial charge in [0, 0.05) is 35.0 Å². The molecule has 1 aromatic carbocycles. The van der Waals surface area contributed by atoms with Crippen molar-refractivity contribution in [3.05, 3.63) is 66.1 Å². The lowest BCUT2D eigenvalue weighted by atomic mass is 9.99. The fourth-order valence-electron chi connectivity index (χ4n) is 5.51. The summed E-state index contributed by atoms with van der Waals surface area (Å²) >= 11 is 0. The molecule has 0 radical (unpaired) electrons. The summed E-state index contributed by atoms with van der Waals surface area (Å²) in [6.07, 6.45) is 10.1. The summed E-state index contributed by atoms with van der Waals surface area (Å²) in [6.45, 7) is 1.79. The third-order valence-corrected chi connectivity index (χ3v) is 7.25. The largest absolute Gasteiger partial charge is 0.482 e. The molecule has 37 heavy (non-hydrogen) atoms. The van der Waals surface area contributed by atoms with Crippen LogP contribution in [0.25, 0.3) is 16.8 Å². The van der Waals surface area contributed by atoms with Gasteiger partial charge in [0.05, 0.1) is 30.3 Å². The lowest BCUT2D eigenvalue weighted by molar-refractivity contribution is 0.226. The summed E-state index contributed by atoms with van der Waals surface area (Å²) in [4.78, 5) is 5.73. The zero-order valence-corrected chi connectivity index (χ0v) is 20.3. The second kappa shape index (κ2) is 9.29. The number of hydrogen-bond acceptors (Lipinski definition) is 8. The SMILES string of the molecule is C[C@@H](Oc1cc(-c2cnn(C3C[C@H]4CC[C@@H](C3)N4)c2C#N)cnc1N)c1cc(F)ccc1-n1nccn1. The molecular weight excluding hydrogens is 473 g/mol. The van der Waals surface area contributed by atoms with Gasteiger partial charge in [-0.25, -0.2) is 9.37 Å². The maximum absolute atomic E-state index is 14.2. The number of nitriles is 1. The molecule has 11 heteroatoms. The van der Waals surface area contributed by atoms with E-state index in [1.54, 1.807) is 43.8 Å². The number of piperidine rings is 1. The monoisotopic (exact) mass is 499 g/mol. The zero-order chi connectivity index (χ0) is 25.5. The van der Waals surface area contributed by atoms with Crippen LogP contribution >= 0.6 is 0 Å². The molecule has 188 valence electrons. The molecule has 2 saturated heterocycles. The summed E-state index contributed by atoms with van der Waals surface area (Å²) < 4.78 is 22.2. The molecule has 6 rings (SSSR count). The van der Waals surface area contributed by atoms with Crippen molar-refractivity contribution in [2.45, 2.75) is 56.8 Å². The van der Waals surface area contributed by atoms with Crippen molar-refractivity contribution < 1.29 is 9.13 Å². The molecule has 0 aliphatic carbocycles. The van der Waals surface area contributed by atoms with Crippen molar-refractivity contribution in [3.8, 4) is 28.6 Å². The predicted octanol–water partition coefficient (Wildman–Crippen LogP) is 3.71. The minimum Gasteiger partial charge on any atom is -0.482 e. The van der Waals surface area contributed by atoms with E-state index in [4.69, 9.17) is 10.5 Å². The number of ether oxygens (including phenoxy) is 1. The Labute approximate surface area is 212 Å². The van der Waals surface area contributed by atoms with Gasteiger partial charge in [-0.15, -0.1) is 0 Å². The van der Waals surface area contributed by atoms with Crippen LogP contribution in [0.1, 0.15) is 56.0 Å². The number of nitrogens with one attached hydrogen (secondary N) is 1. The van der Waals surface area contributed by atoms with Crippen molar-refractivity contribution in [3.63, 3.8) is 0 Å². The fourth-order valence-corrected chi connectivity index (χ4v) is 5.51. The van der Waals surface area contributed by atoms with Gasteiger partial charge in [0.1, 0.15) is 23.7 Å². The Morgan fingerprint density at radius 1 is 1.14 bits per heavy atom. The van der Waals surface area contributed by atoms with E-state index in [2.05, 4.69) is 31.7 Å². The number of nitrogens with two attached hydrogens (primary N) is 1. The topological polar surface area (TPSA) is 132 Å². The molecule has 0 saturated carbocycles. The fraction of sp³-hybridized carbons (Fsp3) is 0.346. The molecule has 2 aliphatic heterocycles. The minimum absolute atomic E-state index is 0.182. The molecule has 3 N–H and O–H groups in total. The van der Waals surface area contributed by atoms with Crippen LogP contribution in [0.15, 0.2) is 49.1 Å². The van der Waals surface area contributed by atoms with Crippen LogP contribution in [-0.4, -0.2) is 41.8 Å². The summed E-state index contributed by atoms with van der Waals surface area (Å²) in [5.41, 5.74) is 9.13. The number of anilines is 1. The average molecular weight is 500 g/mol.